The molecule has 4 N–H and O–H groups in total. The standard InChI is InChI=1S/C23H21Cl2N7S2/c1-14(29-31-22(33)27-20-10-5-3-8-16(20)24)18-12-7-13-19(26-18)15(2)30-32-23(34)28-21-11-6-4-9-17(21)25/h3-13H,1-2H3,(H2,27,31,33)(H2,28,32,34). The van der Waals surface area contributed by atoms with Crippen molar-refractivity contribution < 1.29 is 0 Å². The lowest BCUT2D eigenvalue weighted by molar-refractivity contribution is 1.02. The number of halogens is 2. The van der Waals surface area contributed by atoms with Gasteiger partial charge in [0, 0.05) is 0 Å². The molecule has 0 saturated carbocycles. The highest BCUT2D eigenvalue weighted by atomic mass is 35.5. The molecule has 0 aliphatic rings. The van der Waals surface area contributed by atoms with E-state index in [0.717, 1.165) is 0 Å². The summed E-state index contributed by atoms with van der Waals surface area (Å²) in [7, 11) is 0. The summed E-state index contributed by atoms with van der Waals surface area (Å²) in [4.78, 5) is 4.61. The van der Waals surface area contributed by atoms with Crippen molar-refractivity contribution in [2.45, 2.75) is 13.8 Å². The third kappa shape index (κ3) is 7.46. The monoisotopic (exact) mass is 529 g/mol. The van der Waals surface area contributed by atoms with Crippen molar-refractivity contribution in [1.82, 2.24) is 15.8 Å². The molecule has 3 rings (SSSR count). The molecule has 7 nitrogen and oxygen atoms in total. The lowest BCUT2D eigenvalue weighted by Crippen LogP contribution is -2.25. The summed E-state index contributed by atoms with van der Waals surface area (Å²) in [5.41, 5.74) is 9.60. The van der Waals surface area contributed by atoms with Gasteiger partial charge < -0.3 is 10.6 Å². The van der Waals surface area contributed by atoms with E-state index in [0.29, 0.717) is 54.5 Å². The van der Waals surface area contributed by atoms with Gasteiger partial charge in [-0.3, -0.25) is 10.9 Å². The number of pyridine rings is 1. The van der Waals surface area contributed by atoms with Gasteiger partial charge in [0.05, 0.1) is 44.2 Å². The first kappa shape index (κ1) is 25.5. The van der Waals surface area contributed by atoms with Crippen LogP contribution in [0, 0.1) is 0 Å². The maximum absolute atomic E-state index is 6.14. The van der Waals surface area contributed by atoms with Gasteiger partial charge in [-0.25, -0.2) is 4.98 Å². The van der Waals surface area contributed by atoms with E-state index in [1.54, 1.807) is 12.1 Å². The van der Waals surface area contributed by atoms with Crippen LogP contribution in [-0.2, 0) is 0 Å². The van der Waals surface area contributed by atoms with Crippen LogP contribution in [0.15, 0.2) is 76.9 Å². The van der Waals surface area contributed by atoms with E-state index in [-0.39, 0.29) is 0 Å². The van der Waals surface area contributed by atoms with Crippen LogP contribution in [0.2, 0.25) is 10.0 Å². The van der Waals surface area contributed by atoms with E-state index in [2.05, 4.69) is 36.7 Å². The minimum Gasteiger partial charge on any atom is -0.330 e. The Bertz CT molecular complexity index is 1170. The third-order valence-electron chi connectivity index (χ3n) is 4.38. The molecule has 0 unspecified atom stereocenters. The van der Waals surface area contributed by atoms with Gasteiger partial charge in [0.1, 0.15) is 0 Å². The first-order chi connectivity index (χ1) is 16.3. The molecular weight excluding hydrogens is 509 g/mol. The molecular formula is C23H21Cl2N7S2. The van der Waals surface area contributed by atoms with Crippen molar-refractivity contribution in [1.29, 1.82) is 0 Å². The quantitative estimate of drug-likeness (QED) is 0.182. The van der Waals surface area contributed by atoms with Crippen molar-refractivity contribution in [3.63, 3.8) is 0 Å². The average Bonchev–Trinajstić information content (AvgIpc) is 2.84. The second-order valence-corrected chi connectivity index (χ2v) is 8.52. The van der Waals surface area contributed by atoms with Gasteiger partial charge in [0.2, 0.25) is 0 Å². The SMILES string of the molecule is CC(=NNC(=S)Nc1ccccc1Cl)c1cccc(C(C)=NNC(=S)Nc2ccccc2Cl)n1. The van der Waals surface area contributed by atoms with Crippen LogP contribution in [0.1, 0.15) is 25.2 Å². The van der Waals surface area contributed by atoms with Crippen LogP contribution in [0.3, 0.4) is 0 Å². The summed E-state index contributed by atoms with van der Waals surface area (Å²) in [5.74, 6) is 0. The van der Waals surface area contributed by atoms with Gasteiger partial charge >= 0.3 is 0 Å². The fourth-order valence-corrected chi connectivity index (χ4v) is 3.32. The number of nitrogens with zero attached hydrogens (tertiary/aromatic N) is 3. The molecule has 0 radical (unpaired) electrons. The van der Waals surface area contributed by atoms with Gasteiger partial charge in [-0.1, -0.05) is 53.5 Å². The van der Waals surface area contributed by atoms with Crippen molar-refractivity contribution in [2.24, 2.45) is 10.2 Å². The van der Waals surface area contributed by atoms with Crippen molar-refractivity contribution in [3.05, 3.63) is 88.2 Å². The topological polar surface area (TPSA) is 85.7 Å². The lowest BCUT2D eigenvalue weighted by Gasteiger charge is -2.10. The Morgan fingerprint density at radius 3 is 1.50 bits per heavy atom. The second kappa shape index (κ2) is 12.4. The Labute approximate surface area is 218 Å². The third-order valence-corrected chi connectivity index (χ3v) is 5.43. The number of hydrogen-bond donors (Lipinski definition) is 4. The molecule has 11 heteroatoms. The normalized spacial score (nSPS) is 11.5. The summed E-state index contributed by atoms with van der Waals surface area (Å²) in [5, 5.41) is 16.4. The number of anilines is 2. The number of hydrogen-bond acceptors (Lipinski definition) is 5. The molecule has 0 aliphatic carbocycles. The zero-order chi connectivity index (χ0) is 24.5. The second-order valence-electron chi connectivity index (χ2n) is 6.89. The van der Waals surface area contributed by atoms with Crippen molar-refractivity contribution in [2.75, 3.05) is 10.6 Å². The van der Waals surface area contributed by atoms with E-state index in [1.165, 1.54) is 0 Å². The molecule has 2 aromatic carbocycles. The van der Waals surface area contributed by atoms with Crippen molar-refractivity contribution in [3.8, 4) is 0 Å². The Hall–Kier alpha value is -3.11. The minimum atomic E-state index is 0.310. The minimum absolute atomic E-state index is 0.310. The van der Waals surface area contributed by atoms with Crippen LogP contribution in [0.4, 0.5) is 11.4 Å². The molecule has 1 aromatic heterocycles. The molecule has 34 heavy (non-hydrogen) atoms. The summed E-state index contributed by atoms with van der Waals surface area (Å²) in [6.07, 6.45) is 0. The van der Waals surface area contributed by atoms with Crippen LogP contribution < -0.4 is 21.5 Å². The van der Waals surface area contributed by atoms with Gasteiger partial charge in [-0.15, -0.1) is 0 Å². The molecule has 3 aromatic rings. The van der Waals surface area contributed by atoms with Crippen LogP contribution >= 0.6 is 47.6 Å². The summed E-state index contributed by atoms with van der Waals surface area (Å²) < 4.78 is 0. The Morgan fingerprint density at radius 1 is 0.676 bits per heavy atom. The van der Waals surface area contributed by atoms with Gasteiger partial charge in [-0.05, 0) is 74.7 Å². The zero-order valence-corrected chi connectivity index (χ0v) is 21.4. The number of aromatic nitrogens is 1. The van der Waals surface area contributed by atoms with E-state index in [1.807, 2.05) is 68.4 Å². The first-order valence-electron chi connectivity index (χ1n) is 10.0. The summed E-state index contributed by atoms with van der Waals surface area (Å²) in [6, 6.07) is 20.2. The van der Waals surface area contributed by atoms with Gasteiger partial charge in [-0.2, -0.15) is 10.2 Å². The molecule has 0 saturated heterocycles. The Balaban J connectivity index is 1.61. The highest BCUT2D eigenvalue weighted by Crippen LogP contribution is 2.21. The number of para-hydroxylation sites is 2. The summed E-state index contributed by atoms with van der Waals surface area (Å²) in [6.45, 7) is 3.65. The number of rotatable bonds is 6. The Morgan fingerprint density at radius 2 is 1.09 bits per heavy atom. The first-order valence-corrected chi connectivity index (χ1v) is 11.6. The Kier molecular flexibility index (Phi) is 9.29. The fraction of sp³-hybridized carbons (Fsp3) is 0.0870. The average molecular weight is 531 g/mol. The zero-order valence-electron chi connectivity index (χ0n) is 18.3. The number of thiocarbonyl (C=S) groups is 2. The molecule has 0 fully saturated rings. The van der Waals surface area contributed by atoms with Gasteiger partial charge in [0.25, 0.3) is 0 Å². The fourth-order valence-electron chi connectivity index (χ4n) is 2.65. The molecule has 0 aliphatic heterocycles. The number of nitrogens with one attached hydrogen (secondary N) is 4. The lowest BCUT2D eigenvalue weighted by atomic mass is 10.2. The molecule has 0 spiro atoms. The van der Waals surface area contributed by atoms with E-state index < -0.39 is 0 Å². The molecule has 0 bridgehead atoms. The van der Waals surface area contributed by atoms with E-state index in [9.17, 15) is 0 Å². The maximum Gasteiger partial charge on any atom is 0.191 e. The van der Waals surface area contributed by atoms with Gasteiger partial charge in [0.15, 0.2) is 10.2 Å². The smallest absolute Gasteiger partial charge is 0.191 e. The molecule has 1 heterocycles. The van der Waals surface area contributed by atoms with E-state index in [4.69, 9.17) is 47.6 Å². The number of benzene rings is 2. The van der Waals surface area contributed by atoms with Crippen molar-refractivity contribution >= 4 is 80.7 Å². The predicted octanol–water partition coefficient (Wildman–Crippen LogP) is 5.81. The highest BCUT2D eigenvalue weighted by molar-refractivity contribution is 7.80. The van der Waals surface area contributed by atoms with Crippen LogP contribution in [0.25, 0.3) is 0 Å². The molecule has 0 atom stereocenters. The summed E-state index contributed by atoms with van der Waals surface area (Å²) >= 11 is 22.8. The van der Waals surface area contributed by atoms with Crippen LogP contribution in [0.5, 0.6) is 0 Å². The van der Waals surface area contributed by atoms with E-state index >= 15 is 0 Å². The number of hydrazone groups is 2. The largest absolute Gasteiger partial charge is 0.330 e. The molecule has 0 amide bonds. The maximum atomic E-state index is 6.14. The highest BCUT2D eigenvalue weighted by Gasteiger charge is 2.07. The van der Waals surface area contributed by atoms with Crippen LogP contribution in [-0.4, -0.2) is 26.6 Å². The predicted molar refractivity (Wildman–Crippen MR) is 150 cm³/mol. The molecule has 174 valence electrons.